The molecule has 8 aromatic carbocycles. The molecule has 1 aromatic heterocycles. The molecule has 0 spiro atoms. The average molecular weight is 679 g/mol. The number of anilines is 3. The zero-order valence-corrected chi connectivity index (χ0v) is 29.9. The standard InChI is InChI=1S/C51H38N2/c1-51(2)45-24-14-12-22-42(45)43-31-30-40(34-46(43)51)52(39-28-26-36(27-29-39)35-16-6-3-7-17-35)48-33-32-41(37-18-8-4-9-19-37)49-44-23-13-15-25-47(44)53(50(48)49)38-20-10-5-11-21-38/h3-34H,1-2H3. The molecule has 1 aliphatic carbocycles. The van der Waals surface area contributed by atoms with E-state index in [1.54, 1.807) is 0 Å². The first kappa shape index (κ1) is 31.1. The van der Waals surface area contributed by atoms with Crippen molar-refractivity contribution < 1.29 is 0 Å². The van der Waals surface area contributed by atoms with E-state index in [4.69, 9.17) is 0 Å². The lowest BCUT2D eigenvalue weighted by molar-refractivity contribution is 0.660. The molecule has 0 N–H and O–H groups in total. The van der Waals surface area contributed by atoms with Crippen molar-refractivity contribution >= 4 is 38.9 Å². The number of hydrogen-bond acceptors (Lipinski definition) is 1. The second kappa shape index (κ2) is 12.3. The van der Waals surface area contributed by atoms with Gasteiger partial charge in [0, 0.05) is 33.2 Å². The van der Waals surface area contributed by atoms with Gasteiger partial charge in [-0.15, -0.1) is 0 Å². The fraction of sp³-hybridized carbons (Fsp3) is 0.0588. The van der Waals surface area contributed by atoms with Gasteiger partial charge in [0.1, 0.15) is 0 Å². The zero-order chi connectivity index (χ0) is 35.5. The molecule has 53 heavy (non-hydrogen) atoms. The summed E-state index contributed by atoms with van der Waals surface area (Å²) in [6.45, 7) is 4.72. The molecule has 0 atom stereocenters. The van der Waals surface area contributed by atoms with Gasteiger partial charge in [-0.2, -0.15) is 0 Å². The maximum absolute atomic E-state index is 2.48. The number of rotatable bonds is 6. The molecule has 0 amide bonds. The molecule has 9 aromatic rings. The SMILES string of the molecule is CC1(C)c2ccccc2-c2ccc(N(c3ccc(-c4ccccc4)cc3)c3ccc(-c4ccccc4)c4c5ccccc5n(-c5ccccc5)c34)cc21. The van der Waals surface area contributed by atoms with Crippen molar-refractivity contribution in [1.29, 1.82) is 0 Å². The van der Waals surface area contributed by atoms with Crippen LogP contribution in [-0.4, -0.2) is 4.57 Å². The Balaban J connectivity index is 1.29. The highest BCUT2D eigenvalue weighted by atomic mass is 15.2. The summed E-state index contributed by atoms with van der Waals surface area (Å²) in [4.78, 5) is 2.48. The van der Waals surface area contributed by atoms with Crippen LogP contribution >= 0.6 is 0 Å². The molecule has 0 radical (unpaired) electrons. The van der Waals surface area contributed by atoms with Gasteiger partial charge in [-0.05, 0) is 93.0 Å². The Labute approximate surface area is 310 Å². The number of nitrogens with zero attached hydrogens (tertiary/aromatic N) is 2. The number of aromatic nitrogens is 1. The van der Waals surface area contributed by atoms with Gasteiger partial charge in [0.05, 0.1) is 16.7 Å². The predicted molar refractivity (Wildman–Crippen MR) is 224 cm³/mol. The third-order valence-electron chi connectivity index (χ3n) is 11.2. The lowest BCUT2D eigenvalue weighted by atomic mass is 9.82. The number of fused-ring (bicyclic) bond motifs is 6. The van der Waals surface area contributed by atoms with Crippen LogP contribution in [0.15, 0.2) is 194 Å². The van der Waals surface area contributed by atoms with Crippen LogP contribution in [0.2, 0.25) is 0 Å². The highest BCUT2D eigenvalue weighted by Crippen LogP contribution is 2.52. The zero-order valence-electron chi connectivity index (χ0n) is 29.9. The van der Waals surface area contributed by atoms with Gasteiger partial charge >= 0.3 is 0 Å². The maximum atomic E-state index is 2.48. The van der Waals surface area contributed by atoms with E-state index in [1.165, 1.54) is 66.3 Å². The third-order valence-corrected chi connectivity index (χ3v) is 11.2. The molecular weight excluding hydrogens is 641 g/mol. The predicted octanol–water partition coefficient (Wildman–Crippen LogP) is 13.9. The fourth-order valence-corrected chi connectivity index (χ4v) is 8.66. The average Bonchev–Trinajstić information content (AvgIpc) is 3.69. The molecule has 1 heterocycles. The molecule has 0 unspecified atom stereocenters. The Morgan fingerprint density at radius 1 is 0.434 bits per heavy atom. The van der Waals surface area contributed by atoms with E-state index in [9.17, 15) is 0 Å². The second-order valence-electron chi connectivity index (χ2n) is 14.6. The van der Waals surface area contributed by atoms with E-state index in [0.717, 1.165) is 22.7 Å². The smallest absolute Gasteiger partial charge is 0.0788 e. The lowest BCUT2D eigenvalue weighted by Crippen LogP contribution is -2.17. The monoisotopic (exact) mass is 678 g/mol. The van der Waals surface area contributed by atoms with Crippen LogP contribution in [0.1, 0.15) is 25.0 Å². The summed E-state index contributed by atoms with van der Waals surface area (Å²) < 4.78 is 2.46. The van der Waals surface area contributed by atoms with Gasteiger partial charge in [0.25, 0.3) is 0 Å². The van der Waals surface area contributed by atoms with Crippen molar-refractivity contribution in [3.63, 3.8) is 0 Å². The van der Waals surface area contributed by atoms with E-state index < -0.39 is 0 Å². The fourth-order valence-electron chi connectivity index (χ4n) is 8.66. The summed E-state index contributed by atoms with van der Waals surface area (Å²) in [5, 5.41) is 2.48. The molecular formula is C51H38N2. The highest BCUT2D eigenvalue weighted by molar-refractivity contribution is 6.20. The lowest BCUT2D eigenvalue weighted by Gasteiger charge is -2.29. The maximum Gasteiger partial charge on any atom is 0.0788 e. The van der Waals surface area contributed by atoms with Crippen molar-refractivity contribution in [2.45, 2.75) is 19.3 Å². The van der Waals surface area contributed by atoms with Crippen molar-refractivity contribution in [1.82, 2.24) is 4.57 Å². The summed E-state index contributed by atoms with van der Waals surface area (Å²) in [6.07, 6.45) is 0. The van der Waals surface area contributed by atoms with Crippen molar-refractivity contribution in [2.75, 3.05) is 4.90 Å². The van der Waals surface area contributed by atoms with Crippen LogP contribution in [0.5, 0.6) is 0 Å². The van der Waals surface area contributed by atoms with Crippen molar-refractivity contribution in [3.05, 3.63) is 205 Å². The van der Waals surface area contributed by atoms with Gasteiger partial charge in [0.2, 0.25) is 0 Å². The van der Waals surface area contributed by atoms with Gasteiger partial charge in [-0.3, -0.25) is 0 Å². The van der Waals surface area contributed by atoms with E-state index in [1.807, 2.05) is 0 Å². The first-order valence-corrected chi connectivity index (χ1v) is 18.4. The van der Waals surface area contributed by atoms with E-state index in [0.29, 0.717) is 0 Å². The molecule has 0 saturated heterocycles. The largest absolute Gasteiger partial charge is 0.308 e. The van der Waals surface area contributed by atoms with Crippen LogP contribution in [0.4, 0.5) is 17.1 Å². The van der Waals surface area contributed by atoms with Crippen LogP contribution in [0.25, 0.3) is 60.9 Å². The van der Waals surface area contributed by atoms with Gasteiger partial charge in [0.15, 0.2) is 0 Å². The van der Waals surface area contributed by atoms with Gasteiger partial charge in [-0.1, -0.05) is 159 Å². The van der Waals surface area contributed by atoms with Crippen LogP contribution in [0.3, 0.4) is 0 Å². The Morgan fingerprint density at radius 2 is 1.00 bits per heavy atom. The second-order valence-corrected chi connectivity index (χ2v) is 14.6. The minimum absolute atomic E-state index is 0.129. The van der Waals surface area contributed by atoms with Crippen LogP contribution in [-0.2, 0) is 5.41 Å². The van der Waals surface area contributed by atoms with E-state index >= 15 is 0 Å². The Hall–Kier alpha value is -6.64. The Bertz CT molecular complexity index is 2780. The molecule has 2 heteroatoms. The molecule has 10 rings (SSSR count). The number of hydrogen-bond donors (Lipinski definition) is 0. The molecule has 0 aliphatic heterocycles. The minimum atomic E-state index is -0.129. The van der Waals surface area contributed by atoms with Crippen LogP contribution in [0, 0.1) is 0 Å². The normalized spacial score (nSPS) is 12.9. The highest BCUT2D eigenvalue weighted by Gasteiger charge is 2.36. The topological polar surface area (TPSA) is 8.17 Å². The molecule has 1 aliphatic rings. The van der Waals surface area contributed by atoms with Crippen molar-refractivity contribution in [3.8, 4) is 39.1 Å². The Kier molecular flexibility index (Phi) is 7.19. The summed E-state index contributed by atoms with van der Waals surface area (Å²) in [5.74, 6) is 0. The molecule has 0 bridgehead atoms. The minimum Gasteiger partial charge on any atom is -0.308 e. The molecule has 0 fully saturated rings. The third kappa shape index (κ3) is 4.94. The van der Waals surface area contributed by atoms with E-state index in [-0.39, 0.29) is 5.41 Å². The molecule has 2 nitrogen and oxygen atoms in total. The number of para-hydroxylation sites is 2. The van der Waals surface area contributed by atoms with E-state index in [2.05, 4.69) is 217 Å². The first-order valence-electron chi connectivity index (χ1n) is 18.4. The quantitative estimate of drug-likeness (QED) is 0.170. The summed E-state index contributed by atoms with van der Waals surface area (Å²) in [6, 6.07) is 70.8. The summed E-state index contributed by atoms with van der Waals surface area (Å²) >= 11 is 0. The van der Waals surface area contributed by atoms with Crippen molar-refractivity contribution in [2.24, 2.45) is 0 Å². The van der Waals surface area contributed by atoms with Gasteiger partial charge < -0.3 is 9.47 Å². The summed E-state index contributed by atoms with van der Waals surface area (Å²) in [5.41, 5.74) is 16.9. The molecule has 0 saturated carbocycles. The van der Waals surface area contributed by atoms with Crippen LogP contribution < -0.4 is 4.90 Å². The van der Waals surface area contributed by atoms with Gasteiger partial charge in [-0.25, -0.2) is 0 Å². The number of benzene rings is 8. The summed E-state index contributed by atoms with van der Waals surface area (Å²) in [7, 11) is 0. The first-order chi connectivity index (χ1) is 26.1. The Morgan fingerprint density at radius 3 is 1.75 bits per heavy atom. The molecule has 252 valence electrons.